The summed E-state index contributed by atoms with van der Waals surface area (Å²) in [4.78, 5) is 10.6. The third-order valence-corrected chi connectivity index (χ3v) is 6.45. The largest absolute Gasteiger partial charge is 0.481 e. The molecule has 3 N–H and O–H groups in total. The first kappa shape index (κ1) is 22.4. The van der Waals surface area contributed by atoms with Gasteiger partial charge in [-0.2, -0.15) is 0 Å². The second kappa shape index (κ2) is 10.0. The van der Waals surface area contributed by atoms with Crippen molar-refractivity contribution in [3.05, 3.63) is 12.2 Å². The van der Waals surface area contributed by atoms with Crippen molar-refractivity contribution in [2.24, 2.45) is 17.3 Å². The van der Waals surface area contributed by atoms with Crippen molar-refractivity contribution in [1.29, 1.82) is 0 Å². The average molecular weight is 383 g/mol. The van der Waals surface area contributed by atoms with E-state index in [1.54, 1.807) is 0 Å². The summed E-state index contributed by atoms with van der Waals surface area (Å²) in [6.07, 6.45) is 10.7. The number of aliphatic carboxylic acids is 1. The quantitative estimate of drug-likeness (QED) is 0.372. The Morgan fingerprint density at radius 3 is 2.67 bits per heavy atom. The summed E-state index contributed by atoms with van der Waals surface area (Å²) in [5.41, 5.74) is -0.158. The summed E-state index contributed by atoms with van der Waals surface area (Å²) in [5, 5.41) is 29.7. The van der Waals surface area contributed by atoms with Gasteiger partial charge in [0.25, 0.3) is 0 Å². The molecule has 156 valence electrons. The van der Waals surface area contributed by atoms with Gasteiger partial charge in [0.2, 0.25) is 0 Å². The van der Waals surface area contributed by atoms with Crippen LogP contribution in [0.4, 0.5) is 0 Å². The molecule has 0 aromatic carbocycles. The lowest BCUT2D eigenvalue weighted by Gasteiger charge is -2.29. The Kier molecular flexibility index (Phi) is 8.32. The minimum absolute atomic E-state index is 0.0376. The van der Waals surface area contributed by atoms with E-state index in [2.05, 4.69) is 20.8 Å². The zero-order valence-electron chi connectivity index (χ0n) is 17.1. The summed E-state index contributed by atoms with van der Waals surface area (Å²) < 4.78 is 6.12. The molecule has 2 aliphatic rings. The lowest BCUT2D eigenvalue weighted by molar-refractivity contribution is -0.137. The maximum absolute atomic E-state index is 10.6. The van der Waals surface area contributed by atoms with Crippen LogP contribution in [0.3, 0.4) is 0 Å². The first-order valence-electron chi connectivity index (χ1n) is 10.7. The topological polar surface area (TPSA) is 87.0 Å². The van der Waals surface area contributed by atoms with Crippen LogP contribution in [0.15, 0.2) is 12.2 Å². The van der Waals surface area contributed by atoms with E-state index in [0.29, 0.717) is 18.8 Å². The van der Waals surface area contributed by atoms with Crippen LogP contribution in [-0.2, 0) is 9.53 Å². The molecule has 0 bridgehead atoms. The highest BCUT2D eigenvalue weighted by Gasteiger charge is 2.47. The number of unbranched alkanes of at least 4 members (excludes halogenated alkanes) is 2. The molecule has 1 aliphatic heterocycles. The van der Waals surface area contributed by atoms with Crippen LogP contribution in [0.2, 0.25) is 0 Å². The number of aliphatic hydroxyl groups is 2. The van der Waals surface area contributed by atoms with Gasteiger partial charge in [-0.1, -0.05) is 52.2 Å². The zero-order chi connectivity index (χ0) is 20.0. The van der Waals surface area contributed by atoms with Gasteiger partial charge in [0.05, 0.1) is 24.4 Å². The third-order valence-electron chi connectivity index (χ3n) is 6.45. The number of hydrogen-bond acceptors (Lipinski definition) is 4. The fourth-order valence-corrected chi connectivity index (χ4v) is 4.55. The molecule has 6 atom stereocenters. The van der Waals surface area contributed by atoms with Gasteiger partial charge in [-0.05, 0) is 37.0 Å². The molecule has 2 fully saturated rings. The maximum Gasteiger partial charge on any atom is 0.303 e. The smallest absolute Gasteiger partial charge is 0.303 e. The molecule has 1 unspecified atom stereocenters. The van der Waals surface area contributed by atoms with Crippen LogP contribution in [-0.4, -0.2) is 45.7 Å². The molecule has 1 aliphatic carbocycles. The number of carboxylic acid groups (broad SMARTS) is 1. The summed E-state index contributed by atoms with van der Waals surface area (Å²) in [6, 6.07) is 0. The van der Waals surface area contributed by atoms with E-state index in [-0.39, 0.29) is 30.0 Å². The molecule has 1 saturated carbocycles. The first-order valence-corrected chi connectivity index (χ1v) is 10.7. The van der Waals surface area contributed by atoms with Gasteiger partial charge >= 0.3 is 5.97 Å². The summed E-state index contributed by atoms with van der Waals surface area (Å²) in [7, 11) is 0. The van der Waals surface area contributed by atoms with Gasteiger partial charge in [-0.25, -0.2) is 0 Å². The van der Waals surface area contributed by atoms with Gasteiger partial charge in [0.1, 0.15) is 0 Å². The number of hydrogen-bond donors (Lipinski definition) is 3. The maximum atomic E-state index is 10.6. The molecule has 5 nitrogen and oxygen atoms in total. The third kappa shape index (κ3) is 6.30. The highest BCUT2D eigenvalue weighted by atomic mass is 16.5. The van der Waals surface area contributed by atoms with Crippen molar-refractivity contribution in [2.75, 3.05) is 0 Å². The molecule has 0 aromatic heterocycles. The van der Waals surface area contributed by atoms with E-state index in [1.165, 1.54) is 0 Å². The van der Waals surface area contributed by atoms with Gasteiger partial charge in [0.15, 0.2) is 0 Å². The lowest BCUT2D eigenvalue weighted by atomic mass is 9.80. The summed E-state index contributed by atoms with van der Waals surface area (Å²) in [5.74, 6) is -0.407. The van der Waals surface area contributed by atoms with E-state index in [9.17, 15) is 15.0 Å². The summed E-state index contributed by atoms with van der Waals surface area (Å²) in [6.45, 7) is 6.35. The number of aliphatic hydroxyl groups excluding tert-OH is 2. The number of carboxylic acids is 1. The molecule has 0 radical (unpaired) electrons. The fraction of sp³-hybridized carbons (Fsp3) is 0.864. The van der Waals surface area contributed by atoms with Gasteiger partial charge in [-0.15, -0.1) is 0 Å². The van der Waals surface area contributed by atoms with Crippen molar-refractivity contribution < 1.29 is 24.9 Å². The van der Waals surface area contributed by atoms with Crippen LogP contribution in [0, 0.1) is 17.3 Å². The number of fused-ring (bicyclic) bond motifs is 1. The molecule has 1 heterocycles. The Morgan fingerprint density at radius 1 is 1.26 bits per heavy atom. The van der Waals surface area contributed by atoms with E-state index in [0.717, 1.165) is 38.5 Å². The Balaban J connectivity index is 1.86. The molecule has 2 rings (SSSR count). The second-order valence-corrected chi connectivity index (χ2v) is 9.14. The standard InChI is InChI=1S/C22H38O5/c1-4-5-12-22(2,3)20(24)11-10-16-17-13-15(8-6-7-9-21(25)26)27-19(17)14-18(16)23/h10-11,15-20,23-24H,4-9,12-14H2,1-3H3,(H,25,26)/t15?,16-,17-,18-,19-,20-/m1/s1. The van der Waals surface area contributed by atoms with Crippen LogP contribution >= 0.6 is 0 Å². The monoisotopic (exact) mass is 382 g/mol. The molecular weight excluding hydrogens is 344 g/mol. The second-order valence-electron chi connectivity index (χ2n) is 9.14. The van der Waals surface area contributed by atoms with Crippen molar-refractivity contribution in [3.63, 3.8) is 0 Å². The van der Waals surface area contributed by atoms with E-state index in [1.807, 2.05) is 12.2 Å². The minimum atomic E-state index is -0.743. The van der Waals surface area contributed by atoms with Crippen molar-refractivity contribution in [2.45, 2.75) is 103 Å². The van der Waals surface area contributed by atoms with E-state index >= 15 is 0 Å². The Labute approximate surface area is 163 Å². The minimum Gasteiger partial charge on any atom is -0.481 e. The highest BCUT2D eigenvalue weighted by molar-refractivity contribution is 5.66. The normalized spacial score (nSPS) is 32.1. The zero-order valence-corrected chi connectivity index (χ0v) is 17.1. The lowest BCUT2D eigenvalue weighted by Crippen LogP contribution is -2.28. The molecule has 27 heavy (non-hydrogen) atoms. The van der Waals surface area contributed by atoms with Crippen LogP contribution in [0.25, 0.3) is 0 Å². The molecule has 1 saturated heterocycles. The summed E-state index contributed by atoms with van der Waals surface area (Å²) >= 11 is 0. The van der Waals surface area contributed by atoms with Gasteiger partial charge in [0, 0.05) is 18.8 Å². The highest BCUT2D eigenvalue weighted by Crippen LogP contribution is 2.45. The fourth-order valence-electron chi connectivity index (χ4n) is 4.55. The van der Waals surface area contributed by atoms with E-state index < -0.39 is 18.2 Å². The van der Waals surface area contributed by atoms with Crippen LogP contribution in [0.5, 0.6) is 0 Å². The van der Waals surface area contributed by atoms with Gasteiger partial charge < -0.3 is 20.1 Å². The number of carbonyl (C=O) groups is 1. The first-order chi connectivity index (χ1) is 12.7. The van der Waals surface area contributed by atoms with Gasteiger partial charge in [-0.3, -0.25) is 4.79 Å². The van der Waals surface area contributed by atoms with Crippen molar-refractivity contribution >= 4 is 5.97 Å². The van der Waals surface area contributed by atoms with Crippen LogP contribution < -0.4 is 0 Å². The Morgan fingerprint density at radius 2 is 2.00 bits per heavy atom. The predicted molar refractivity (Wildman–Crippen MR) is 105 cm³/mol. The SMILES string of the molecule is CCCCC(C)(C)[C@H](O)C=C[C@@H]1[C@H]2CC(CCCCC(=O)O)O[C@@H]2C[C@H]1O. The Bertz CT molecular complexity index is 501. The number of rotatable bonds is 11. The Hall–Kier alpha value is -0.910. The molecule has 0 spiro atoms. The number of ether oxygens (including phenoxy) is 1. The predicted octanol–water partition coefficient (Wildman–Crippen LogP) is 3.92. The van der Waals surface area contributed by atoms with Crippen molar-refractivity contribution in [1.82, 2.24) is 0 Å². The van der Waals surface area contributed by atoms with Crippen molar-refractivity contribution in [3.8, 4) is 0 Å². The molecule has 0 amide bonds. The molecular formula is C22H38O5. The molecule has 5 heteroatoms. The molecule has 0 aromatic rings. The van der Waals surface area contributed by atoms with E-state index in [4.69, 9.17) is 9.84 Å². The average Bonchev–Trinajstić information content (AvgIpc) is 3.11. The van der Waals surface area contributed by atoms with Crippen LogP contribution in [0.1, 0.15) is 78.6 Å².